The molecular weight excluding hydrogens is 260 g/mol. The van der Waals surface area contributed by atoms with Crippen LogP contribution in [0.15, 0.2) is 30.3 Å². The van der Waals surface area contributed by atoms with Crippen LogP contribution in [0.2, 0.25) is 0 Å². The van der Waals surface area contributed by atoms with Crippen molar-refractivity contribution in [2.45, 2.75) is 44.9 Å². The SMILES string of the molecule is CCCN(CCC)C(=O)C1(c2ccccc2)CCNCC1. The van der Waals surface area contributed by atoms with Gasteiger partial charge in [0.2, 0.25) is 5.91 Å². The molecule has 1 saturated heterocycles. The highest BCUT2D eigenvalue weighted by Crippen LogP contribution is 2.35. The molecule has 2 rings (SSSR count). The fourth-order valence-electron chi connectivity index (χ4n) is 3.39. The Balaban J connectivity index is 2.32. The van der Waals surface area contributed by atoms with Crippen LogP contribution < -0.4 is 5.32 Å². The lowest BCUT2D eigenvalue weighted by molar-refractivity contribution is -0.138. The second kappa shape index (κ2) is 7.60. The van der Waals surface area contributed by atoms with E-state index in [2.05, 4.69) is 48.3 Å². The molecule has 0 atom stereocenters. The maximum absolute atomic E-state index is 13.3. The normalized spacial score (nSPS) is 17.4. The number of hydrogen-bond acceptors (Lipinski definition) is 2. The van der Waals surface area contributed by atoms with Crippen LogP contribution >= 0.6 is 0 Å². The number of hydrogen-bond donors (Lipinski definition) is 1. The van der Waals surface area contributed by atoms with Gasteiger partial charge in [0.05, 0.1) is 5.41 Å². The largest absolute Gasteiger partial charge is 0.342 e. The van der Waals surface area contributed by atoms with Crippen LogP contribution in [-0.2, 0) is 10.2 Å². The minimum absolute atomic E-state index is 0.323. The standard InChI is InChI=1S/C18H28N2O/c1-3-14-20(15-4-2)17(21)18(10-12-19-13-11-18)16-8-6-5-7-9-16/h5-9,19H,3-4,10-15H2,1-2H3. The highest BCUT2D eigenvalue weighted by Gasteiger charge is 2.43. The summed E-state index contributed by atoms with van der Waals surface area (Å²) in [5.74, 6) is 0.332. The Morgan fingerprint density at radius 1 is 1.10 bits per heavy atom. The van der Waals surface area contributed by atoms with Gasteiger partial charge in [-0.25, -0.2) is 0 Å². The number of nitrogens with one attached hydrogen (secondary N) is 1. The fourth-order valence-corrected chi connectivity index (χ4v) is 3.39. The molecule has 1 aliphatic heterocycles. The van der Waals surface area contributed by atoms with Gasteiger partial charge in [-0.3, -0.25) is 4.79 Å². The summed E-state index contributed by atoms with van der Waals surface area (Å²) in [6, 6.07) is 10.4. The van der Waals surface area contributed by atoms with E-state index in [-0.39, 0.29) is 5.41 Å². The number of amides is 1. The Bertz CT molecular complexity index is 432. The summed E-state index contributed by atoms with van der Waals surface area (Å²) in [5, 5.41) is 3.40. The molecule has 1 N–H and O–H groups in total. The zero-order valence-electron chi connectivity index (χ0n) is 13.4. The van der Waals surface area contributed by atoms with Gasteiger partial charge in [-0.05, 0) is 44.3 Å². The molecule has 1 fully saturated rings. The molecule has 0 bridgehead atoms. The van der Waals surface area contributed by atoms with Crippen LogP contribution in [0.1, 0.15) is 45.1 Å². The fraction of sp³-hybridized carbons (Fsp3) is 0.611. The van der Waals surface area contributed by atoms with Gasteiger partial charge in [0, 0.05) is 13.1 Å². The highest BCUT2D eigenvalue weighted by molar-refractivity contribution is 5.88. The summed E-state index contributed by atoms with van der Waals surface area (Å²) in [6.07, 6.45) is 3.85. The number of benzene rings is 1. The molecule has 3 nitrogen and oxygen atoms in total. The second-order valence-electron chi connectivity index (χ2n) is 5.99. The summed E-state index contributed by atoms with van der Waals surface area (Å²) in [7, 11) is 0. The van der Waals surface area contributed by atoms with Crippen molar-refractivity contribution < 1.29 is 4.79 Å². The van der Waals surface area contributed by atoms with Crippen molar-refractivity contribution in [3.8, 4) is 0 Å². The van der Waals surface area contributed by atoms with Gasteiger partial charge in [0.1, 0.15) is 0 Å². The van der Waals surface area contributed by atoms with Gasteiger partial charge in [0.15, 0.2) is 0 Å². The van der Waals surface area contributed by atoms with Crippen molar-refractivity contribution in [1.82, 2.24) is 10.2 Å². The topological polar surface area (TPSA) is 32.3 Å². The van der Waals surface area contributed by atoms with E-state index >= 15 is 0 Å². The molecule has 1 aliphatic rings. The molecule has 0 aliphatic carbocycles. The number of rotatable bonds is 6. The molecular formula is C18H28N2O. The van der Waals surface area contributed by atoms with Crippen molar-refractivity contribution in [2.75, 3.05) is 26.2 Å². The van der Waals surface area contributed by atoms with E-state index in [9.17, 15) is 4.79 Å². The predicted octanol–water partition coefficient (Wildman–Crippen LogP) is 2.96. The van der Waals surface area contributed by atoms with Crippen molar-refractivity contribution in [1.29, 1.82) is 0 Å². The quantitative estimate of drug-likeness (QED) is 0.873. The molecule has 116 valence electrons. The molecule has 1 heterocycles. The number of carbonyl (C=O) groups excluding carboxylic acids is 1. The van der Waals surface area contributed by atoms with Gasteiger partial charge in [0.25, 0.3) is 0 Å². The van der Waals surface area contributed by atoms with E-state index in [0.29, 0.717) is 5.91 Å². The third-order valence-electron chi connectivity index (χ3n) is 4.47. The first-order chi connectivity index (χ1) is 10.2. The Labute approximate surface area is 128 Å². The number of piperidine rings is 1. The average molecular weight is 288 g/mol. The molecule has 0 radical (unpaired) electrons. The summed E-state index contributed by atoms with van der Waals surface area (Å²) in [5.41, 5.74) is 0.866. The zero-order chi connectivity index (χ0) is 15.1. The zero-order valence-corrected chi connectivity index (χ0v) is 13.4. The predicted molar refractivity (Wildman–Crippen MR) is 87.4 cm³/mol. The van der Waals surface area contributed by atoms with Gasteiger partial charge < -0.3 is 10.2 Å². The Hall–Kier alpha value is -1.35. The third kappa shape index (κ3) is 3.46. The lowest BCUT2D eigenvalue weighted by atomic mass is 9.72. The number of nitrogens with zero attached hydrogens (tertiary/aromatic N) is 1. The van der Waals surface area contributed by atoms with Crippen LogP contribution in [0.4, 0.5) is 0 Å². The molecule has 0 aromatic heterocycles. The number of carbonyl (C=O) groups is 1. The van der Waals surface area contributed by atoms with Gasteiger partial charge in [-0.1, -0.05) is 44.2 Å². The monoisotopic (exact) mass is 288 g/mol. The summed E-state index contributed by atoms with van der Waals surface area (Å²) < 4.78 is 0. The lowest BCUT2D eigenvalue weighted by Gasteiger charge is -2.40. The summed E-state index contributed by atoms with van der Waals surface area (Å²) >= 11 is 0. The third-order valence-corrected chi connectivity index (χ3v) is 4.47. The first kappa shape index (κ1) is 16.0. The van der Waals surface area contributed by atoms with E-state index < -0.39 is 0 Å². The molecule has 0 spiro atoms. The van der Waals surface area contributed by atoms with E-state index in [1.165, 1.54) is 5.56 Å². The van der Waals surface area contributed by atoms with E-state index in [1.807, 2.05) is 6.07 Å². The average Bonchev–Trinajstić information content (AvgIpc) is 2.55. The van der Waals surface area contributed by atoms with Crippen molar-refractivity contribution >= 4 is 5.91 Å². The van der Waals surface area contributed by atoms with Crippen molar-refractivity contribution in [2.24, 2.45) is 0 Å². The first-order valence-corrected chi connectivity index (χ1v) is 8.30. The van der Waals surface area contributed by atoms with Crippen LogP contribution in [0.3, 0.4) is 0 Å². The molecule has 0 unspecified atom stereocenters. The Morgan fingerprint density at radius 2 is 1.67 bits per heavy atom. The van der Waals surface area contributed by atoms with Crippen LogP contribution in [-0.4, -0.2) is 37.0 Å². The van der Waals surface area contributed by atoms with E-state index in [4.69, 9.17) is 0 Å². The highest BCUT2D eigenvalue weighted by atomic mass is 16.2. The molecule has 21 heavy (non-hydrogen) atoms. The maximum Gasteiger partial charge on any atom is 0.233 e. The Kier molecular flexibility index (Phi) is 5.80. The minimum Gasteiger partial charge on any atom is -0.342 e. The van der Waals surface area contributed by atoms with Gasteiger partial charge in [-0.2, -0.15) is 0 Å². The lowest BCUT2D eigenvalue weighted by Crippen LogP contribution is -2.52. The summed E-state index contributed by atoms with van der Waals surface area (Å²) in [6.45, 7) is 7.88. The smallest absolute Gasteiger partial charge is 0.233 e. The van der Waals surface area contributed by atoms with Crippen LogP contribution in [0.5, 0.6) is 0 Å². The summed E-state index contributed by atoms with van der Waals surface area (Å²) in [4.78, 5) is 15.4. The second-order valence-corrected chi connectivity index (χ2v) is 5.99. The van der Waals surface area contributed by atoms with Crippen LogP contribution in [0, 0.1) is 0 Å². The minimum atomic E-state index is -0.323. The molecule has 3 heteroatoms. The van der Waals surface area contributed by atoms with E-state index in [0.717, 1.165) is 51.9 Å². The van der Waals surface area contributed by atoms with Gasteiger partial charge in [-0.15, -0.1) is 0 Å². The molecule has 1 amide bonds. The van der Waals surface area contributed by atoms with Crippen molar-refractivity contribution in [3.63, 3.8) is 0 Å². The van der Waals surface area contributed by atoms with Crippen LogP contribution in [0.25, 0.3) is 0 Å². The molecule has 1 aromatic carbocycles. The van der Waals surface area contributed by atoms with Crippen molar-refractivity contribution in [3.05, 3.63) is 35.9 Å². The Morgan fingerprint density at radius 3 is 2.19 bits per heavy atom. The first-order valence-electron chi connectivity index (χ1n) is 8.30. The molecule has 1 aromatic rings. The molecule has 0 saturated carbocycles. The maximum atomic E-state index is 13.3. The van der Waals surface area contributed by atoms with E-state index in [1.54, 1.807) is 0 Å². The van der Waals surface area contributed by atoms with Gasteiger partial charge >= 0.3 is 0 Å².